The molecular formula is C17H29N5O3S. The molecule has 0 unspecified atom stereocenters. The summed E-state index contributed by atoms with van der Waals surface area (Å²) in [6.45, 7) is 5.27. The number of hydrogen-bond donors (Lipinski definition) is 2. The van der Waals surface area contributed by atoms with Crippen LogP contribution in [0.3, 0.4) is 0 Å². The Labute approximate surface area is 156 Å². The van der Waals surface area contributed by atoms with Gasteiger partial charge in [0, 0.05) is 58.1 Å². The molecule has 0 aromatic carbocycles. The van der Waals surface area contributed by atoms with E-state index < -0.39 is 10.2 Å². The molecule has 0 radical (unpaired) electrons. The Kier molecular flexibility index (Phi) is 6.96. The van der Waals surface area contributed by atoms with E-state index in [-0.39, 0.29) is 12.1 Å². The van der Waals surface area contributed by atoms with E-state index in [0.717, 1.165) is 29.7 Å². The second-order valence-electron chi connectivity index (χ2n) is 6.91. The van der Waals surface area contributed by atoms with Crippen LogP contribution >= 0.6 is 0 Å². The standard InChI is InChI=1S/C17H29N5O3S/c1-13-10-14(2)16(19-11-13)7-8-18-17(23)20-15-6-5-9-22(12-15)26(24,25)21(3)4/h10-11,15H,5-9,12H2,1-4H3,(H2,18,20,23)/t15-/m1/s1. The van der Waals surface area contributed by atoms with Crippen molar-refractivity contribution in [2.75, 3.05) is 33.7 Å². The normalized spacial score (nSPS) is 18.7. The van der Waals surface area contributed by atoms with Gasteiger partial charge >= 0.3 is 6.03 Å². The van der Waals surface area contributed by atoms with Crippen molar-refractivity contribution >= 4 is 16.2 Å². The summed E-state index contributed by atoms with van der Waals surface area (Å²) in [5.74, 6) is 0. The van der Waals surface area contributed by atoms with Gasteiger partial charge in [-0.05, 0) is 37.8 Å². The second-order valence-corrected chi connectivity index (χ2v) is 9.06. The summed E-state index contributed by atoms with van der Waals surface area (Å²) in [5, 5.41) is 5.70. The largest absolute Gasteiger partial charge is 0.338 e. The van der Waals surface area contributed by atoms with Crippen molar-refractivity contribution in [1.82, 2.24) is 24.2 Å². The van der Waals surface area contributed by atoms with Gasteiger partial charge in [0.05, 0.1) is 0 Å². The Morgan fingerprint density at radius 2 is 2.12 bits per heavy atom. The van der Waals surface area contributed by atoms with Crippen LogP contribution in [0, 0.1) is 13.8 Å². The highest BCUT2D eigenvalue weighted by Gasteiger charge is 2.30. The zero-order valence-electron chi connectivity index (χ0n) is 15.9. The quantitative estimate of drug-likeness (QED) is 0.760. The number of aromatic nitrogens is 1. The molecule has 26 heavy (non-hydrogen) atoms. The molecule has 0 bridgehead atoms. The minimum absolute atomic E-state index is 0.183. The molecule has 1 aliphatic rings. The van der Waals surface area contributed by atoms with Crippen molar-refractivity contribution in [1.29, 1.82) is 0 Å². The highest BCUT2D eigenvalue weighted by molar-refractivity contribution is 7.86. The number of nitrogens with zero attached hydrogens (tertiary/aromatic N) is 3. The van der Waals surface area contributed by atoms with E-state index in [1.165, 1.54) is 22.7 Å². The van der Waals surface area contributed by atoms with Gasteiger partial charge in [0.15, 0.2) is 0 Å². The zero-order chi connectivity index (χ0) is 19.3. The van der Waals surface area contributed by atoms with Crippen LogP contribution in [-0.2, 0) is 16.6 Å². The number of nitrogens with one attached hydrogen (secondary N) is 2. The number of aryl methyl sites for hydroxylation is 2. The number of carbonyl (C=O) groups is 1. The molecule has 0 aliphatic carbocycles. The SMILES string of the molecule is Cc1cnc(CCNC(=O)N[C@@H]2CCCN(S(=O)(=O)N(C)C)C2)c(C)c1. The lowest BCUT2D eigenvalue weighted by Crippen LogP contribution is -2.53. The highest BCUT2D eigenvalue weighted by Crippen LogP contribution is 2.15. The first kappa shape index (κ1) is 20.6. The average molecular weight is 384 g/mol. The van der Waals surface area contributed by atoms with Crippen molar-refractivity contribution in [2.24, 2.45) is 0 Å². The van der Waals surface area contributed by atoms with Crippen molar-refractivity contribution < 1.29 is 13.2 Å². The van der Waals surface area contributed by atoms with Crippen LogP contribution in [0.4, 0.5) is 4.79 Å². The third-order valence-electron chi connectivity index (χ3n) is 4.48. The topological polar surface area (TPSA) is 94.6 Å². The predicted octanol–water partition coefficient (Wildman–Crippen LogP) is 0.811. The van der Waals surface area contributed by atoms with Crippen LogP contribution in [0.5, 0.6) is 0 Å². The summed E-state index contributed by atoms with van der Waals surface area (Å²) in [6.07, 6.45) is 3.98. The van der Waals surface area contributed by atoms with Crippen LogP contribution in [-0.4, -0.2) is 67.8 Å². The molecule has 1 atom stereocenters. The van der Waals surface area contributed by atoms with Crippen molar-refractivity contribution in [3.63, 3.8) is 0 Å². The van der Waals surface area contributed by atoms with Crippen molar-refractivity contribution in [3.8, 4) is 0 Å². The zero-order valence-corrected chi connectivity index (χ0v) is 16.8. The summed E-state index contributed by atoms with van der Waals surface area (Å²) in [5.41, 5.74) is 3.20. The van der Waals surface area contributed by atoms with Gasteiger partial charge in [0.1, 0.15) is 0 Å². The third kappa shape index (κ3) is 5.39. The van der Waals surface area contributed by atoms with Gasteiger partial charge in [-0.15, -0.1) is 0 Å². The highest BCUT2D eigenvalue weighted by atomic mass is 32.2. The first-order chi connectivity index (χ1) is 12.2. The second kappa shape index (κ2) is 8.79. The van der Waals surface area contributed by atoms with E-state index in [2.05, 4.69) is 21.7 Å². The average Bonchev–Trinajstić information content (AvgIpc) is 2.57. The van der Waals surface area contributed by atoms with Gasteiger partial charge in [0.25, 0.3) is 10.2 Å². The third-order valence-corrected chi connectivity index (χ3v) is 6.38. The molecule has 2 rings (SSSR count). The number of hydrogen-bond acceptors (Lipinski definition) is 4. The smallest absolute Gasteiger partial charge is 0.315 e. The Morgan fingerprint density at radius 1 is 1.38 bits per heavy atom. The molecule has 8 nitrogen and oxygen atoms in total. The fraction of sp³-hybridized carbons (Fsp3) is 0.647. The molecule has 146 valence electrons. The van der Waals surface area contributed by atoms with Crippen LogP contribution in [0.25, 0.3) is 0 Å². The van der Waals surface area contributed by atoms with Crippen molar-refractivity contribution in [2.45, 2.75) is 39.2 Å². The summed E-state index contributed by atoms with van der Waals surface area (Å²) < 4.78 is 27.1. The summed E-state index contributed by atoms with van der Waals surface area (Å²) in [7, 11) is -0.415. The molecule has 2 N–H and O–H groups in total. The molecule has 1 aromatic rings. The molecule has 1 aromatic heterocycles. The van der Waals surface area contributed by atoms with Gasteiger partial charge in [-0.2, -0.15) is 17.0 Å². The number of urea groups is 1. The first-order valence-corrected chi connectivity index (χ1v) is 10.2. The minimum atomic E-state index is -3.44. The summed E-state index contributed by atoms with van der Waals surface area (Å²) >= 11 is 0. The number of rotatable bonds is 6. The van der Waals surface area contributed by atoms with E-state index in [1.54, 1.807) is 0 Å². The van der Waals surface area contributed by atoms with E-state index in [9.17, 15) is 13.2 Å². The monoisotopic (exact) mass is 383 g/mol. The molecule has 2 heterocycles. The van der Waals surface area contributed by atoms with Crippen LogP contribution in [0.15, 0.2) is 12.3 Å². The van der Waals surface area contributed by atoms with Gasteiger partial charge in [-0.1, -0.05) is 6.07 Å². The van der Waals surface area contributed by atoms with E-state index in [0.29, 0.717) is 26.1 Å². The maximum Gasteiger partial charge on any atom is 0.315 e. The van der Waals surface area contributed by atoms with E-state index >= 15 is 0 Å². The van der Waals surface area contributed by atoms with Crippen LogP contribution < -0.4 is 10.6 Å². The predicted molar refractivity (Wildman–Crippen MR) is 101 cm³/mol. The summed E-state index contributed by atoms with van der Waals surface area (Å²) in [6, 6.07) is 1.62. The fourth-order valence-electron chi connectivity index (χ4n) is 3.04. The molecule has 0 spiro atoms. The van der Waals surface area contributed by atoms with Crippen LogP contribution in [0.1, 0.15) is 29.7 Å². The molecule has 0 saturated carbocycles. The van der Waals surface area contributed by atoms with Gasteiger partial charge in [-0.3, -0.25) is 4.98 Å². The Balaban J connectivity index is 1.80. The fourth-order valence-corrected chi connectivity index (χ4v) is 4.23. The number of carbonyl (C=O) groups excluding carboxylic acids is 1. The van der Waals surface area contributed by atoms with E-state index in [1.807, 2.05) is 20.0 Å². The molecular weight excluding hydrogens is 354 g/mol. The molecule has 1 fully saturated rings. The summed E-state index contributed by atoms with van der Waals surface area (Å²) in [4.78, 5) is 16.5. The lowest BCUT2D eigenvalue weighted by atomic mass is 10.1. The number of pyridine rings is 1. The first-order valence-electron chi connectivity index (χ1n) is 8.84. The molecule has 2 amide bonds. The van der Waals surface area contributed by atoms with Gasteiger partial charge in [-0.25, -0.2) is 4.79 Å². The Morgan fingerprint density at radius 3 is 2.77 bits per heavy atom. The molecule has 9 heteroatoms. The van der Waals surface area contributed by atoms with Gasteiger partial charge < -0.3 is 10.6 Å². The maximum absolute atomic E-state index is 12.2. The van der Waals surface area contributed by atoms with Crippen LogP contribution in [0.2, 0.25) is 0 Å². The Hall–Kier alpha value is -1.71. The van der Waals surface area contributed by atoms with Crippen molar-refractivity contribution in [3.05, 3.63) is 29.1 Å². The minimum Gasteiger partial charge on any atom is -0.338 e. The number of piperidine rings is 1. The number of amides is 2. The van der Waals surface area contributed by atoms with E-state index in [4.69, 9.17) is 0 Å². The molecule has 1 aliphatic heterocycles. The lowest BCUT2D eigenvalue weighted by molar-refractivity contribution is 0.224. The van der Waals surface area contributed by atoms with Gasteiger partial charge in [0.2, 0.25) is 0 Å². The molecule has 1 saturated heterocycles. The maximum atomic E-state index is 12.2. The lowest BCUT2D eigenvalue weighted by Gasteiger charge is -2.33. The Bertz CT molecular complexity index is 736.